The highest BCUT2D eigenvalue weighted by atomic mass is 32.2. The van der Waals surface area contributed by atoms with Gasteiger partial charge in [-0.1, -0.05) is 30.0 Å². The molecule has 0 spiro atoms. The minimum atomic E-state index is -1.22. The van der Waals surface area contributed by atoms with Gasteiger partial charge in [0.15, 0.2) is 5.16 Å². The van der Waals surface area contributed by atoms with Crippen LogP contribution in [0.25, 0.3) is 0 Å². The van der Waals surface area contributed by atoms with E-state index in [0.29, 0.717) is 11.6 Å². The van der Waals surface area contributed by atoms with Crippen LogP contribution in [0, 0.1) is 17.5 Å². The van der Waals surface area contributed by atoms with Crippen molar-refractivity contribution < 1.29 is 22.8 Å². The van der Waals surface area contributed by atoms with Crippen molar-refractivity contribution in [2.45, 2.75) is 23.2 Å². The van der Waals surface area contributed by atoms with Crippen LogP contribution in [-0.2, 0) is 15.3 Å². The van der Waals surface area contributed by atoms with Gasteiger partial charge in [-0.15, -0.1) is 0 Å². The fraction of sp³-hybridized carbons (Fsp3) is 0.143. The lowest BCUT2D eigenvalue weighted by atomic mass is 9.92. The maximum absolute atomic E-state index is 13.8. The summed E-state index contributed by atoms with van der Waals surface area (Å²) in [5, 5.41) is 4.91. The Hall–Kier alpha value is -3.60. The first kappa shape index (κ1) is 21.6. The van der Waals surface area contributed by atoms with E-state index in [4.69, 9.17) is 0 Å². The minimum absolute atomic E-state index is 0.0748. The molecular formula is C21H15F3N4O3S. The van der Waals surface area contributed by atoms with Crippen molar-refractivity contribution in [1.29, 1.82) is 0 Å². The van der Waals surface area contributed by atoms with Crippen LogP contribution >= 0.6 is 11.8 Å². The Balaban J connectivity index is 1.59. The van der Waals surface area contributed by atoms with E-state index in [-0.39, 0.29) is 34.4 Å². The number of aromatic nitrogens is 2. The number of thioether (sulfide) groups is 1. The lowest BCUT2D eigenvalue weighted by Crippen LogP contribution is -2.36. The van der Waals surface area contributed by atoms with Gasteiger partial charge in [0, 0.05) is 23.9 Å². The van der Waals surface area contributed by atoms with Crippen molar-refractivity contribution in [2.24, 2.45) is 0 Å². The molecule has 2 amide bonds. The number of aromatic amines is 1. The van der Waals surface area contributed by atoms with Crippen LogP contribution in [0.1, 0.15) is 23.5 Å². The first-order valence-corrected chi connectivity index (χ1v) is 10.4. The van der Waals surface area contributed by atoms with Crippen molar-refractivity contribution in [2.75, 3.05) is 10.6 Å². The van der Waals surface area contributed by atoms with E-state index in [0.717, 1.165) is 23.9 Å². The van der Waals surface area contributed by atoms with Gasteiger partial charge in [-0.3, -0.25) is 14.4 Å². The minimum Gasteiger partial charge on any atom is -0.325 e. The smallest absolute Gasteiger partial charge is 0.257 e. The average molecular weight is 460 g/mol. The zero-order valence-corrected chi connectivity index (χ0v) is 17.1. The van der Waals surface area contributed by atoms with Gasteiger partial charge < -0.3 is 15.6 Å². The third kappa shape index (κ3) is 4.67. The van der Waals surface area contributed by atoms with Crippen LogP contribution in [0.3, 0.4) is 0 Å². The summed E-state index contributed by atoms with van der Waals surface area (Å²) < 4.78 is 40.6. The van der Waals surface area contributed by atoms with Gasteiger partial charge >= 0.3 is 0 Å². The Bertz CT molecular complexity index is 1260. The summed E-state index contributed by atoms with van der Waals surface area (Å²) in [5.41, 5.74) is -0.478. The van der Waals surface area contributed by atoms with Crippen LogP contribution < -0.4 is 16.2 Å². The lowest BCUT2D eigenvalue weighted by Gasteiger charge is -2.23. The summed E-state index contributed by atoms with van der Waals surface area (Å²) in [5.74, 6) is -4.65. The number of amides is 2. The lowest BCUT2D eigenvalue weighted by molar-refractivity contribution is -0.123. The number of rotatable bonds is 5. The van der Waals surface area contributed by atoms with Crippen molar-refractivity contribution in [3.05, 3.63) is 81.4 Å². The van der Waals surface area contributed by atoms with Crippen LogP contribution in [0.5, 0.6) is 0 Å². The molecule has 0 saturated heterocycles. The standard InChI is InChI=1S/C21H15F3N4O3S/c22-11-5-12(23)7-13(6-11)25-19(30)14-8-16(29)26-18-17(14)20(31)28-21(27-18)32-9-10-3-1-2-4-15(10)24/h1-7,14H,8-9H2,(H,25,30)(H2,26,27,28,29,31)/t14-/m0/s1. The molecule has 32 heavy (non-hydrogen) atoms. The van der Waals surface area contributed by atoms with E-state index >= 15 is 0 Å². The van der Waals surface area contributed by atoms with Gasteiger partial charge in [0.2, 0.25) is 11.8 Å². The molecule has 3 N–H and O–H groups in total. The molecule has 0 unspecified atom stereocenters. The monoisotopic (exact) mass is 460 g/mol. The number of carbonyl (C=O) groups is 2. The summed E-state index contributed by atoms with van der Waals surface area (Å²) in [6.07, 6.45) is -0.344. The highest BCUT2D eigenvalue weighted by molar-refractivity contribution is 7.98. The zero-order valence-electron chi connectivity index (χ0n) is 16.2. The number of benzene rings is 2. The van der Waals surface area contributed by atoms with Crippen molar-refractivity contribution in [3.8, 4) is 0 Å². The molecule has 3 aromatic rings. The number of hydrogen-bond donors (Lipinski definition) is 3. The molecule has 164 valence electrons. The molecule has 0 saturated carbocycles. The molecule has 7 nitrogen and oxygen atoms in total. The Morgan fingerprint density at radius 3 is 2.56 bits per heavy atom. The molecule has 4 rings (SSSR count). The van der Waals surface area contributed by atoms with E-state index in [9.17, 15) is 27.6 Å². The summed E-state index contributed by atoms with van der Waals surface area (Å²) in [6.45, 7) is 0. The van der Waals surface area contributed by atoms with Gasteiger partial charge in [-0.25, -0.2) is 18.2 Å². The first-order chi connectivity index (χ1) is 15.3. The fourth-order valence-electron chi connectivity index (χ4n) is 3.26. The Morgan fingerprint density at radius 1 is 1.12 bits per heavy atom. The number of halogens is 3. The molecule has 1 aliphatic heterocycles. The van der Waals surface area contributed by atoms with Gasteiger partial charge in [0.1, 0.15) is 23.3 Å². The van der Waals surface area contributed by atoms with Gasteiger partial charge in [0.25, 0.3) is 5.56 Å². The Kier molecular flexibility index (Phi) is 5.99. The summed E-state index contributed by atoms with van der Waals surface area (Å²) in [4.78, 5) is 44.3. The number of anilines is 2. The van der Waals surface area contributed by atoms with E-state index < -0.39 is 40.7 Å². The van der Waals surface area contributed by atoms with E-state index in [1.165, 1.54) is 6.07 Å². The molecule has 1 aromatic heterocycles. The predicted octanol–water partition coefficient (Wildman–Crippen LogP) is 3.54. The molecule has 1 aliphatic rings. The number of nitrogens with one attached hydrogen (secondary N) is 3. The largest absolute Gasteiger partial charge is 0.325 e. The van der Waals surface area contributed by atoms with Crippen molar-refractivity contribution in [3.63, 3.8) is 0 Å². The molecule has 0 bridgehead atoms. The molecule has 2 heterocycles. The maximum atomic E-state index is 13.8. The Labute approximate surface area is 183 Å². The summed E-state index contributed by atoms with van der Waals surface area (Å²) in [7, 11) is 0. The number of carbonyl (C=O) groups excluding carboxylic acids is 2. The average Bonchev–Trinajstić information content (AvgIpc) is 2.71. The van der Waals surface area contributed by atoms with Crippen LogP contribution in [-0.4, -0.2) is 21.8 Å². The van der Waals surface area contributed by atoms with Crippen LogP contribution in [0.15, 0.2) is 52.4 Å². The Morgan fingerprint density at radius 2 is 1.84 bits per heavy atom. The quantitative estimate of drug-likeness (QED) is 0.399. The molecule has 0 radical (unpaired) electrons. The first-order valence-electron chi connectivity index (χ1n) is 9.37. The molecule has 1 atom stereocenters. The van der Waals surface area contributed by atoms with Gasteiger partial charge in [-0.05, 0) is 23.8 Å². The third-order valence-electron chi connectivity index (χ3n) is 4.70. The topological polar surface area (TPSA) is 104 Å². The number of nitrogens with zero attached hydrogens (tertiary/aromatic N) is 1. The second-order valence-corrected chi connectivity index (χ2v) is 7.93. The fourth-order valence-corrected chi connectivity index (χ4v) is 4.11. The van der Waals surface area contributed by atoms with Gasteiger partial charge in [-0.2, -0.15) is 0 Å². The SMILES string of the molecule is O=C1C[C@H](C(=O)Nc2cc(F)cc(F)c2)c2c(nc(SCc3ccccc3F)[nH]c2=O)N1. The summed E-state index contributed by atoms with van der Waals surface area (Å²) in [6, 6.07) is 8.61. The van der Waals surface area contributed by atoms with E-state index in [2.05, 4.69) is 20.6 Å². The maximum Gasteiger partial charge on any atom is 0.257 e. The highest BCUT2D eigenvalue weighted by Gasteiger charge is 2.35. The number of H-pyrrole nitrogens is 1. The zero-order chi connectivity index (χ0) is 22.8. The van der Waals surface area contributed by atoms with Crippen LogP contribution in [0.4, 0.5) is 24.7 Å². The molecular weight excluding hydrogens is 445 g/mol. The molecule has 11 heteroatoms. The highest BCUT2D eigenvalue weighted by Crippen LogP contribution is 2.31. The predicted molar refractivity (Wildman–Crippen MR) is 112 cm³/mol. The number of hydrogen-bond acceptors (Lipinski definition) is 5. The second-order valence-electron chi connectivity index (χ2n) is 6.97. The molecule has 0 fully saturated rings. The van der Waals surface area contributed by atoms with Crippen molar-refractivity contribution in [1.82, 2.24) is 9.97 Å². The summed E-state index contributed by atoms with van der Waals surface area (Å²) >= 11 is 1.05. The van der Waals surface area contributed by atoms with E-state index in [1.807, 2.05) is 0 Å². The number of fused-ring (bicyclic) bond motifs is 1. The van der Waals surface area contributed by atoms with Gasteiger partial charge in [0.05, 0.1) is 11.5 Å². The van der Waals surface area contributed by atoms with Crippen molar-refractivity contribution >= 4 is 35.1 Å². The second kappa shape index (κ2) is 8.87. The van der Waals surface area contributed by atoms with E-state index in [1.54, 1.807) is 18.2 Å². The van der Waals surface area contributed by atoms with Crippen LogP contribution in [0.2, 0.25) is 0 Å². The molecule has 0 aliphatic carbocycles. The third-order valence-corrected chi connectivity index (χ3v) is 5.62. The molecule has 2 aromatic carbocycles. The normalized spacial score (nSPS) is 15.1.